The minimum absolute atomic E-state index is 0.391. The van der Waals surface area contributed by atoms with E-state index in [0.717, 1.165) is 15.6 Å². The van der Waals surface area contributed by atoms with E-state index in [4.69, 9.17) is 15.7 Å². The van der Waals surface area contributed by atoms with Gasteiger partial charge in [-0.15, -0.1) is 0 Å². The summed E-state index contributed by atoms with van der Waals surface area (Å²) in [7, 11) is 0. The molecule has 2 aromatic carbocycles. The molecule has 0 fully saturated rings. The molecule has 0 unspecified atom stereocenters. The normalized spacial score (nSPS) is 9.95. The zero-order valence-corrected chi connectivity index (χ0v) is 12.1. The molecule has 96 valence electrons. The van der Waals surface area contributed by atoms with Crippen molar-refractivity contribution in [1.82, 2.24) is 0 Å². The van der Waals surface area contributed by atoms with Gasteiger partial charge in [0.25, 0.3) is 0 Å². The Bertz CT molecular complexity index is 624. The summed E-state index contributed by atoms with van der Waals surface area (Å²) in [5.41, 5.74) is 9.08. The zero-order chi connectivity index (χ0) is 13.8. The van der Waals surface area contributed by atoms with Crippen LogP contribution in [0.2, 0.25) is 0 Å². The summed E-state index contributed by atoms with van der Waals surface area (Å²) < 4.78 is 6.68. The van der Waals surface area contributed by atoms with Crippen LogP contribution in [-0.2, 0) is 6.61 Å². The van der Waals surface area contributed by atoms with Gasteiger partial charge in [0.2, 0.25) is 0 Å². The van der Waals surface area contributed by atoms with Crippen molar-refractivity contribution in [3.8, 4) is 11.8 Å². The predicted molar refractivity (Wildman–Crippen MR) is 78.8 cm³/mol. The van der Waals surface area contributed by atoms with Crippen molar-refractivity contribution in [2.24, 2.45) is 0 Å². The number of halogens is 1. The molecule has 0 atom stereocenters. The van der Waals surface area contributed by atoms with Gasteiger partial charge >= 0.3 is 0 Å². The number of nitrogens with two attached hydrogens (primary N) is 1. The summed E-state index contributed by atoms with van der Waals surface area (Å²) in [6, 6.07) is 13.2. The maximum Gasteiger partial charge on any atom is 0.145 e. The lowest BCUT2D eigenvalue weighted by Gasteiger charge is -2.12. The van der Waals surface area contributed by atoms with E-state index in [1.165, 1.54) is 0 Å². The second kappa shape index (κ2) is 5.77. The quantitative estimate of drug-likeness (QED) is 0.876. The molecule has 0 aliphatic rings. The van der Waals surface area contributed by atoms with Gasteiger partial charge < -0.3 is 10.5 Å². The Hall–Kier alpha value is -1.99. The maximum absolute atomic E-state index is 8.85. The van der Waals surface area contributed by atoms with Crippen LogP contribution in [0.3, 0.4) is 0 Å². The first-order chi connectivity index (χ1) is 9.10. The molecule has 2 rings (SSSR count). The molecule has 0 aromatic heterocycles. The van der Waals surface area contributed by atoms with Gasteiger partial charge in [0.15, 0.2) is 0 Å². The van der Waals surface area contributed by atoms with Crippen LogP contribution in [0.15, 0.2) is 40.9 Å². The fourth-order valence-corrected chi connectivity index (χ4v) is 2.43. The second-order valence-electron chi connectivity index (χ2n) is 4.24. The third kappa shape index (κ3) is 3.27. The fraction of sp³-hybridized carbons (Fsp3) is 0.133. The second-order valence-corrected chi connectivity index (χ2v) is 5.16. The number of anilines is 1. The SMILES string of the molecule is Cc1cc(Br)cc(N)c1OCc1cccc(C#N)c1. The summed E-state index contributed by atoms with van der Waals surface area (Å²) in [6.45, 7) is 2.34. The molecule has 4 heteroatoms. The van der Waals surface area contributed by atoms with E-state index in [0.29, 0.717) is 23.6 Å². The molecule has 0 amide bonds. The number of nitrogens with zero attached hydrogens (tertiary/aromatic N) is 1. The maximum atomic E-state index is 8.85. The standard InChI is InChI=1S/C15H13BrN2O/c1-10-5-13(16)7-14(18)15(10)19-9-12-4-2-3-11(6-12)8-17/h2-7H,9,18H2,1H3. The van der Waals surface area contributed by atoms with Crippen molar-refractivity contribution >= 4 is 21.6 Å². The van der Waals surface area contributed by atoms with E-state index in [1.54, 1.807) is 6.07 Å². The monoisotopic (exact) mass is 316 g/mol. The van der Waals surface area contributed by atoms with Crippen molar-refractivity contribution < 1.29 is 4.74 Å². The molecule has 3 nitrogen and oxygen atoms in total. The van der Waals surface area contributed by atoms with E-state index in [9.17, 15) is 0 Å². The average molecular weight is 317 g/mol. The minimum atomic E-state index is 0.391. The summed E-state index contributed by atoms with van der Waals surface area (Å²) in [5.74, 6) is 0.686. The Morgan fingerprint density at radius 2 is 2.11 bits per heavy atom. The van der Waals surface area contributed by atoms with Crippen molar-refractivity contribution in [2.75, 3.05) is 5.73 Å². The van der Waals surface area contributed by atoms with Gasteiger partial charge in [-0.2, -0.15) is 5.26 Å². The first kappa shape index (κ1) is 13.4. The summed E-state index contributed by atoms with van der Waals surface area (Å²) in [4.78, 5) is 0. The minimum Gasteiger partial charge on any atom is -0.486 e. The molecule has 2 aromatic rings. The van der Waals surface area contributed by atoms with Gasteiger partial charge in [-0.1, -0.05) is 28.1 Å². The Kier molecular flexibility index (Phi) is 4.08. The number of hydrogen-bond acceptors (Lipinski definition) is 3. The molecular formula is C15H13BrN2O. The first-order valence-corrected chi connectivity index (χ1v) is 6.57. The number of ether oxygens (including phenoxy) is 1. The third-order valence-electron chi connectivity index (χ3n) is 2.71. The average Bonchev–Trinajstić information content (AvgIpc) is 2.37. The highest BCUT2D eigenvalue weighted by Gasteiger charge is 2.07. The van der Waals surface area contributed by atoms with Gasteiger partial charge in [-0.05, 0) is 42.3 Å². The van der Waals surface area contributed by atoms with E-state index >= 15 is 0 Å². The van der Waals surface area contributed by atoms with Crippen LogP contribution in [0.5, 0.6) is 5.75 Å². The largest absolute Gasteiger partial charge is 0.486 e. The molecule has 0 aliphatic heterocycles. The zero-order valence-electron chi connectivity index (χ0n) is 10.5. The molecule has 0 heterocycles. The fourth-order valence-electron chi connectivity index (χ4n) is 1.84. The number of nitriles is 1. The third-order valence-corrected chi connectivity index (χ3v) is 3.17. The van der Waals surface area contributed by atoms with Crippen LogP contribution in [0.25, 0.3) is 0 Å². The molecule has 19 heavy (non-hydrogen) atoms. The number of benzene rings is 2. The van der Waals surface area contributed by atoms with Crippen LogP contribution in [0, 0.1) is 18.3 Å². The molecule has 0 saturated carbocycles. The molecule has 0 radical (unpaired) electrons. The van der Waals surface area contributed by atoms with Crippen molar-refractivity contribution in [1.29, 1.82) is 5.26 Å². The molecule has 0 saturated heterocycles. The highest BCUT2D eigenvalue weighted by molar-refractivity contribution is 9.10. The van der Waals surface area contributed by atoms with Gasteiger partial charge in [-0.25, -0.2) is 0 Å². The molecule has 0 aliphatic carbocycles. The van der Waals surface area contributed by atoms with E-state index < -0.39 is 0 Å². The number of rotatable bonds is 3. The van der Waals surface area contributed by atoms with Crippen molar-refractivity contribution in [3.05, 3.63) is 57.6 Å². The van der Waals surface area contributed by atoms with E-state index in [2.05, 4.69) is 22.0 Å². The van der Waals surface area contributed by atoms with E-state index in [-0.39, 0.29) is 0 Å². The Morgan fingerprint density at radius 1 is 1.32 bits per heavy atom. The topological polar surface area (TPSA) is 59.0 Å². The van der Waals surface area contributed by atoms with Crippen LogP contribution < -0.4 is 10.5 Å². The Morgan fingerprint density at radius 3 is 2.79 bits per heavy atom. The van der Waals surface area contributed by atoms with Crippen LogP contribution in [-0.4, -0.2) is 0 Å². The Labute approximate surface area is 120 Å². The van der Waals surface area contributed by atoms with Crippen LogP contribution >= 0.6 is 15.9 Å². The lowest BCUT2D eigenvalue weighted by Crippen LogP contribution is -2.01. The van der Waals surface area contributed by atoms with Gasteiger partial charge in [0.05, 0.1) is 17.3 Å². The summed E-state index contributed by atoms with van der Waals surface area (Å²) in [6.07, 6.45) is 0. The summed E-state index contributed by atoms with van der Waals surface area (Å²) >= 11 is 3.39. The highest BCUT2D eigenvalue weighted by Crippen LogP contribution is 2.30. The number of aryl methyl sites for hydroxylation is 1. The highest BCUT2D eigenvalue weighted by atomic mass is 79.9. The van der Waals surface area contributed by atoms with Crippen molar-refractivity contribution in [2.45, 2.75) is 13.5 Å². The lowest BCUT2D eigenvalue weighted by atomic mass is 10.1. The van der Waals surface area contributed by atoms with Gasteiger partial charge in [0.1, 0.15) is 12.4 Å². The molecular weight excluding hydrogens is 304 g/mol. The number of hydrogen-bond donors (Lipinski definition) is 1. The number of nitrogen functional groups attached to an aromatic ring is 1. The smallest absolute Gasteiger partial charge is 0.145 e. The predicted octanol–water partition coefficient (Wildman–Crippen LogP) is 3.79. The van der Waals surface area contributed by atoms with Crippen LogP contribution in [0.1, 0.15) is 16.7 Å². The molecule has 0 spiro atoms. The van der Waals surface area contributed by atoms with Gasteiger partial charge in [0, 0.05) is 4.47 Å². The van der Waals surface area contributed by atoms with Crippen molar-refractivity contribution in [3.63, 3.8) is 0 Å². The van der Waals surface area contributed by atoms with Crippen LogP contribution in [0.4, 0.5) is 5.69 Å². The van der Waals surface area contributed by atoms with Gasteiger partial charge in [-0.3, -0.25) is 0 Å². The molecule has 0 bridgehead atoms. The molecule has 2 N–H and O–H groups in total. The lowest BCUT2D eigenvalue weighted by molar-refractivity contribution is 0.306. The first-order valence-electron chi connectivity index (χ1n) is 5.77. The summed E-state index contributed by atoms with van der Waals surface area (Å²) in [5, 5.41) is 8.85. The Balaban J connectivity index is 2.17. The van der Waals surface area contributed by atoms with E-state index in [1.807, 2.05) is 37.3 Å².